The van der Waals surface area contributed by atoms with Crippen LogP contribution >= 0.6 is 11.8 Å². The Morgan fingerprint density at radius 1 is 1.37 bits per heavy atom. The monoisotopic (exact) mass is 282 g/mol. The number of benzene rings is 1. The van der Waals surface area contributed by atoms with Crippen LogP contribution in [0.15, 0.2) is 29.2 Å². The molecule has 0 aliphatic carbocycles. The highest BCUT2D eigenvalue weighted by Gasteiger charge is 2.18. The smallest absolute Gasteiger partial charge is 0.230 e. The molecule has 1 amide bonds. The van der Waals surface area contributed by atoms with Gasteiger partial charge < -0.3 is 10.2 Å². The molecular weight excluding hydrogens is 263 g/mol. The average Bonchev–Trinajstić information content (AvgIpc) is 2.41. The molecule has 1 aromatic carbocycles. The lowest BCUT2D eigenvalue weighted by Gasteiger charge is -2.29. The number of piperidine rings is 1. The van der Waals surface area contributed by atoms with Crippen molar-refractivity contribution in [2.75, 3.05) is 25.9 Å². The van der Waals surface area contributed by atoms with Crippen LogP contribution in [0, 0.1) is 5.82 Å². The van der Waals surface area contributed by atoms with Crippen LogP contribution in [0.5, 0.6) is 0 Å². The van der Waals surface area contributed by atoms with Crippen molar-refractivity contribution < 1.29 is 9.18 Å². The summed E-state index contributed by atoms with van der Waals surface area (Å²) in [4.78, 5) is 15.0. The number of nitrogens with zero attached hydrogens (tertiary/aromatic N) is 1. The SMILES string of the molecule is CN1CCC(NC(=O)CSc2ccc(F)cc2)CC1. The highest BCUT2D eigenvalue weighted by atomic mass is 32.2. The number of rotatable bonds is 4. The molecule has 0 atom stereocenters. The summed E-state index contributed by atoms with van der Waals surface area (Å²) in [7, 11) is 2.10. The summed E-state index contributed by atoms with van der Waals surface area (Å²) in [6, 6.07) is 6.53. The van der Waals surface area contributed by atoms with Gasteiger partial charge >= 0.3 is 0 Å². The molecule has 1 aromatic rings. The van der Waals surface area contributed by atoms with Gasteiger partial charge in [0.1, 0.15) is 5.82 Å². The Balaban J connectivity index is 1.71. The van der Waals surface area contributed by atoms with Gasteiger partial charge in [0.15, 0.2) is 0 Å². The molecular formula is C14H19FN2OS. The zero-order valence-electron chi connectivity index (χ0n) is 11.1. The Morgan fingerprint density at radius 3 is 2.63 bits per heavy atom. The first-order valence-electron chi connectivity index (χ1n) is 6.50. The van der Waals surface area contributed by atoms with E-state index < -0.39 is 0 Å². The van der Waals surface area contributed by atoms with E-state index in [4.69, 9.17) is 0 Å². The summed E-state index contributed by atoms with van der Waals surface area (Å²) in [6.07, 6.45) is 2.03. The molecule has 1 aliphatic heterocycles. The summed E-state index contributed by atoms with van der Waals surface area (Å²) in [5.74, 6) is 0.196. The second-order valence-electron chi connectivity index (χ2n) is 4.89. The van der Waals surface area contributed by atoms with Gasteiger partial charge in [0, 0.05) is 10.9 Å². The Bertz CT molecular complexity index is 416. The van der Waals surface area contributed by atoms with Crippen LogP contribution in [0.4, 0.5) is 4.39 Å². The van der Waals surface area contributed by atoms with Gasteiger partial charge in [0.25, 0.3) is 0 Å². The van der Waals surface area contributed by atoms with E-state index in [1.807, 2.05) is 0 Å². The third-order valence-electron chi connectivity index (χ3n) is 3.27. The molecule has 1 fully saturated rings. The van der Waals surface area contributed by atoms with Crippen LogP contribution in [0.1, 0.15) is 12.8 Å². The minimum Gasteiger partial charge on any atom is -0.353 e. The highest BCUT2D eigenvalue weighted by molar-refractivity contribution is 8.00. The summed E-state index contributed by atoms with van der Waals surface area (Å²) in [5.41, 5.74) is 0. The van der Waals surface area contributed by atoms with Crippen LogP contribution in [0.2, 0.25) is 0 Å². The number of hydrogen-bond donors (Lipinski definition) is 1. The van der Waals surface area contributed by atoms with E-state index in [-0.39, 0.29) is 11.7 Å². The number of nitrogens with one attached hydrogen (secondary N) is 1. The van der Waals surface area contributed by atoms with Gasteiger partial charge in [-0.2, -0.15) is 0 Å². The van der Waals surface area contributed by atoms with Crippen molar-refractivity contribution in [3.8, 4) is 0 Å². The first-order chi connectivity index (χ1) is 9.13. The number of halogens is 1. The van der Waals surface area contributed by atoms with Crippen LogP contribution in [-0.2, 0) is 4.79 Å². The summed E-state index contributed by atoms with van der Waals surface area (Å²) < 4.78 is 12.7. The Kier molecular flexibility index (Phi) is 5.22. The number of thioether (sulfide) groups is 1. The normalized spacial score (nSPS) is 17.4. The Labute approximate surface area is 117 Å². The van der Waals surface area contributed by atoms with Crippen molar-refractivity contribution in [2.24, 2.45) is 0 Å². The van der Waals surface area contributed by atoms with Gasteiger partial charge in [0.05, 0.1) is 5.75 Å². The van der Waals surface area contributed by atoms with E-state index in [9.17, 15) is 9.18 Å². The van der Waals surface area contributed by atoms with E-state index in [1.165, 1.54) is 23.9 Å². The lowest BCUT2D eigenvalue weighted by molar-refractivity contribution is -0.119. The molecule has 1 aliphatic rings. The molecule has 19 heavy (non-hydrogen) atoms. The van der Waals surface area contributed by atoms with E-state index in [2.05, 4.69) is 17.3 Å². The summed E-state index contributed by atoms with van der Waals surface area (Å²) in [6.45, 7) is 2.08. The molecule has 0 bridgehead atoms. The van der Waals surface area contributed by atoms with E-state index in [0.717, 1.165) is 30.8 Å². The Morgan fingerprint density at radius 2 is 2.00 bits per heavy atom. The number of carbonyl (C=O) groups excluding carboxylic acids is 1. The predicted octanol–water partition coefficient (Wildman–Crippen LogP) is 2.13. The van der Waals surface area contributed by atoms with E-state index >= 15 is 0 Å². The molecule has 2 rings (SSSR count). The Hall–Kier alpha value is -1.07. The van der Waals surface area contributed by atoms with Crippen molar-refractivity contribution in [1.82, 2.24) is 10.2 Å². The van der Waals surface area contributed by atoms with Gasteiger partial charge in [-0.25, -0.2) is 4.39 Å². The van der Waals surface area contributed by atoms with Gasteiger partial charge in [-0.15, -0.1) is 11.8 Å². The summed E-state index contributed by atoms with van der Waals surface area (Å²) >= 11 is 1.44. The largest absolute Gasteiger partial charge is 0.353 e. The topological polar surface area (TPSA) is 32.3 Å². The number of carbonyl (C=O) groups is 1. The van der Waals surface area contributed by atoms with Crippen LogP contribution in [0.25, 0.3) is 0 Å². The predicted molar refractivity (Wildman–Crippen MR) is 75.8 cm³/mol. The van der Waals surface area contributed by atoms with E-state index in [1.54, 1.807) is 12.1 Å². The minimum absolute atomic E-state index is 0.0591. The maximum absolute atomic E-state index is 12.7. The van der Waals surface area contributed by atoms with Crippen molar-refractivity contribution in [3.63, 3.8) is 0 Å². The number of amides is 1. The third kappa shape index (κ3) is 4.84. The van der Waals surface area contributed by atoms with Crippen molar-refractivity contribution in [1.29, 1.82) is 0 Å². The fourth-order valence-corrected chi connectivity index (χ4v) is 2.81. The fraction of sp³-hybridized carbons (Fsp3) is 0.500. The number of likely N-dealkylation sites (tertiary alicyclic amines) is 1. The first-order valence-corrected chi connectivity index (χ1v) is 7.48. The van der Waals surface area contributed by atoms with Crippen molar-refractivity contribution in [3.05, 3.63) is 30.1 Å². The maximum Gasteiger partial charge on any atom is 0.230 e. The van der Waals surface area contributed by atoms with Crippen LogP contribution in [0.3, 0.4) is 0 Å². The lowest BCUT2D eigenvalue weighted by Crippen LogP contribution is -2.43. The minimum atomic E-state index is -0.250. The van der Waals surface area contributed by atoms with Crippen molar-refractivity contribution in [2.45, 2.75) is 23.8 Å². The molecule has 0 unspecified atom stereocenters. The standard InChI is InChI=1S/C14H19FN2OS/c1-17-8-6-12(7-9-17)16-14(18)10-19-13-4-2-11(15)3-5-13/h2-5,12H,6-10H2,1H3,(H,16,18). The molecule has 104 valence electrons. The average molecular weight is 282 g/mol. The summed E-state index contributed by atoms with van der Waals surface area (Å²) in [5, 5.41) is 3.06. The fourth-order valence-electron chi connectivity index (χ4n) is 2.10. The van der Waals surface area contributed by atoms with Gasteiger partial charge in [-0.05, 0) is 57.2 Å². The molecule has 0 radical (unpaired) electrons. The lowest BCUT2D eigenvalue weighted by atomic mass is 10.1. The van der Waals surface area contributed by atoms with Crippen LogP contribution in [-0.4, -0.2) is 42.7 Å². The second kappa shape index (κ2) is 6.91. The quantitative estimate of drug-likeness (QED) is 0.859. The molecule has 5 heteroatoms. The zero-order chi connectivity index (χ0) is 13.7. The van der Waals surface area contributed by atoms with Crippen LogP contribution < -0.4 is 5.32 Å². The molecule has 1 N–H and O–H groups in total. The van der Waals surface area contributed by atoms with Gasteiger partial charge in [-0.1, -0.05) is 0 Å². The zero-order valence-corrected chi connectivity index (χ0v) is 11.9. The van der Waals surface area contributed by atoms with E-state index in [0.29, 0.717) is 11.8 Å². The molecule has 0 aromatic heterocycles. The molecule has 0 spiro atoms. The number of hydrogen-bond acceptors (Lipinski definition) is 3. The molecule has 1 heterocycles. The highest BCUT2D eigenvalue weighted by Crippen LogP contribution is 2.18. The van der Waals surface area contributed by atoms with Gasteiger partial charge in [-0.3, -0.25) is 4.79 Å². The third-order valence-corrected chi connectivity index (χ3v) is 4.28. The molecule has 1 saturated heterocycles. The first kappa shape index (κ1) is 14.3. The maximum atomic E-state index is 12.7. The van der Waals surface area contributed by atoms with Gasteiger partial charge in [0.2, 0.25) is 5.91 Å². The molecule has 0 saturated carbocycles. The van der Waals surface area contributed by atoms with Crippen molar-refractivity contribution >= 4 is 17.7 Å². The molecule has 3 nitrogen and oxygen atoms in total. The second-order valence-corrected chi connectivity index (χ2v) is 5.94.